The van der Waals surface area contributed by atoms with E-state index in [9.17, 15) is 0 Å². The molecule has 2 aromatic carbocycles. The average molecular weight is 265 g/mol. The number of aryl methyl sites for hydroxylation is 1. The SMILES string of the molecule is CC[SiH2]CCc1ccc(-c2ccc(C#N)cc2)cc1. The monoisotopic (exact) mass is 265 g/mol. The zero-order valence-corrected chi connectivity index (χ0v) is 12.8. The van der Waals surface area contributed by atoms with Crippen LogP contribution in [0.25, 0.3) is 11.1 Å². The van der Waals surface area contributed by atoms with Gasteiger partial charge in [-0.25, -0.2) is 0 Å². The van der Waals surface area contributed by atoms with E-state index in [1.165, 1.54) is 35.2 Å². The Morgan fingerprint density at radius 3 is 2.05 bits per heavy atom. The number of hydrogen-bond acceptors (Lipinski definition) is 1. The van der Waals surface area contributed by atoms with Crippen LogP contribution in [0.2, 0.25) is 12.1 Å². The molecule has 0 saturated carbocycles. The van der Waals surface area contributed by atoms with Gasteiger partial charge in [-0.15, -0.1) is 0 Å². The van der Waals surface area contributed by atoms with Gasteiger partial charge in [0.25, 0.3) is 0 Å². The molecule has 0 saturated heterocycles. The molecule has 2 rings (SSSR count). The molecule has 0 spiro atoms. The Balaban J connectivity index is 2.07. The van der Waals surface area contributed by atoms with Crippen LogP contribution in [0.3, 0.4) is 0 Å². The van der Waals surface area contributed by atoms with E-state index in [1.807, 2.05) is 24.3 Å². The first-order valence-electron chi connectivity index (χ1n) is 6.93. The molecular weight excluding hydrogens is 246 g/mol. The molecule has 0 aliphatic heterocycles. The number of hydrogen-bond donors (Lipinski definition) is 0. The molecule has 0 heterocycles. The lowest BCUT2D eigenvalue weighted by Crippen LogP contribution is -1.91. The minimum atomic E-state index is 0.180. The fourth-order valence-electron chi connectivity index (χ4n) is 2.18. The summed E-state index contributed by atoms with van der Waals surface area (Å²) in [5.74, 6) is 0. The van der Waals surface area contributed by atoms with Crippen molar-refractivity contribution in [3.63, 3.8) is 0 Å². The molecule has 0 bridgehead atoms. The topological polar surface area (TPSA) is 23.8 Å². The number of nitrogens with zero attached hydrogens (tertiary/aromatic N) is 1. The highest BCUT2D eigenvalue weighted by atomic mass is 28.2. The minimum absolute atomic E-state index is 0.180. The lowest BCUT2D eigenvalue weighted by atomic mass is 10.0. The summed E-state index contributed by atoms with van der Waals surface area (Å²) < 4.78 is 0. The van der Waals surface area contributed by atoms with E-state index < -0.39 is 0 Å². The van der Waals surface area contributed by atoms with Crippen LogP contribution in [0.4, 0.5) is 0 Å². The first-order chi connectivity index (χ1) is 9.33. The van der Waals surface area contributed by atoms with E-state index >= 15 is 0 Å². The van der Waals surface area contributed by atoms with Crippen molar-refractivity contribution >= 4 is 9.52 Å². The first-order valence-corrected chi connectivity index (χ1v) is 8.93. The Hall–Kier alpha value is -1.85. The van der Waals surface area contributed by atoms with Crippen molar-refractivity contribution in [2.75, 3.05) is 0 Å². The van der Waals surface area contributed by atoms with Crippen LogP contribution in [-0.4, -0.2) is 9.52 Å². The molecule has 0 atom stereocenters. The lowest BCUT2D eigenvalue weighted by molar-refractivity contribution is 1.11. The Labute approximate surface area is 117 Å². The maximum atomic E-state index is 8.79. The molecule has 0 fully saturated rings. The molecule has 19 heavy (non-hydrogen) atoms. The van der Waals surface area contributed by atoms with Gasteiger partial charge >= 0.3 is 0 Å². The van der Waals surface area contributed by atoms with Gasteiger partial charge in [-0.05, 0) is 35.2 Å². The predicted octanol–water partition coefficient (Wildman–Crippen LogP) is 3.79. The summed E-state index contributed by atoms with van der Waals surface area (Å²) in [4.78, 5) is 0. The second-order valence-corrected chi connectivity index (χ2v) is 7.26. The fraction of sp³-hybridized carbons (Fsp3) is 0.235. The summed E-state index contributed by atoms with van der Waals surface area (Å²) in [6, 6.07) is 21.6. The molecule has 96 valence electrons. The standard InChI is InChI=1S/C17H19NSi/c1-2-19-12-11-14-3-7-16(8-4-14)17-9-5-15(13-18)6-10-17/h3-10H,2,11-12,19H2,1H3. The molecule has 1 nitrogen and oxygen atoms in total. The Morgan fingerprint density at radius 2 is 1.53 bits per heavy atom. The average Bonchev–Trinajstić information content (AvgIpc) is 2.48. The third-order valence-corrected chi connectivity index (χ3v) is 4.93. The van der Waals surface area contributed by atoms with Gasteiger partial charge in [-0.3, -0.25) is 0 Å². The number of rotatable bonds is 5. The van der Waals surface area contributed by atoms with Crippen molar-refractivity contribution in [3.05, 3.63) is 59.7 Å². The van der Waals surface area contributed by atoms with Gasteiger partial charge in [0.15, 0.2) is 0 Å². The van der Waals surface area contributed by atoms with Gasteiger partial charge in [-0.2, -0.15) is 5.26 Å². The van der Waals surface area contributed by atoms with Crippen molar-refractivity contribution in [2.24, 2.45) is 0 Å². The zero-order valence-electron chi connectivity index (χ0n) is 11.4. The molecule has 0 amide bonds. The summed E-state index contributed by atoms with van der Waals surface area (Å²) in [5, 5.41) is 8.79. The molecule has 0 radical (unpaired) electrons. The zero-order chi connectivity index (χ0) is 13.5. The second-order valence-electron chi connectivity index (χ2n) is 4.84. The lowest BCUT2D eigenvalue weighted by Gasteiger charge is -2.04. The molecule has 0 aliphatic rings. The smallest absolute Gasteiger partial charge is 0.0991 e. The second kappa shape index (κ2) is 6.91. The summed E-state index contributed by atoms with van der Waals surface area (Å²) in [7, 11) is 0.180. The van der Waals surface area contributed by atoms with Crippen molar-refractivity contribution in [3.8, 4) is 17.2 Å². The number of nitriles is 1. The molecule has 0 unspecified atom stereocenters. The third-order valence-electron chi connectivity index (χ3n) is 3.37. The third kappa shape index (κ3) is 3.80. The largest absolute Gasteiger partial charge is 0.192 e. The van der Waals surface area contributed by atoms with Gasteiger partial charge in [0, 0.05) is 9.52 Å². The molecule has 0 aromatic heterocycles. The van der Waals surface area contributed by atoms with Crippen LogP contribution in [0.5, 0.6) is 0 Å². The van der Waals surface area contributed by atoms with Crippen molar-refractivity contribution in [1.82, 2.24) is 0 Å². The van der Waals surface area contributed by atoms with E-state index in [0.29, 0.717) is 5.56 Å². The summed E-state index contributed by atoms with van der Waals surface area (Å²) in [6.45, 7) is 2.29. The van der Waals surface area contributed by atoms with Crippen LogP contribution in [-0.2, 0) is 6.42 Å². The molecular formula is C17H19NSi. The van der Waals surface area contributed by atoms with Crippen LogP contribution >= 0.6 is 0 Å². The highest BCUT2D eigenvalue weighted by Crippen LogP contribution is 2.20. The Bertz CT molecular complexity index is 549. The van der Waals surface area contributed by atoms with E-state index in [2.05, 4.69) is 37.3 Å². The van der Waals surface area contributed by atoms with Crippen LogP contribution in [0.1, 0.15) is 18.1 Å². The van der Waals surface area contributed by atoms with Gasteiger partial charge in [-0.1, -0.05) is 55.4 Å². The first kappa shape index (κ1) is 13.6. The van der Waals surface area contributed by atoms with E-state index in [-0.39, 0.29) is 9.52 Å². The molecule has 2 heteroatoms. The van der Waals surface area contributed by atoms with Crippen LogP contribution in [0.15, 0.2) is 48.5 Å². The molecule has 2 aromatic rings. The number of benzene rings is 2. The van der Waals surface area contributed by atoms with Gasteiger partial charge in [0.1, 0.15) is 0 Å². The normalized spacial score (nSPS) is 10.7. The maximum Gasteiger partial charge on any atom is 0.0991 e. The summed E-state index contributed by atoms with van der Waals surface area (Å²) >= 11 is 0. The summed E-state index contributed by atoms with van der Waals surface area (Å²) in [5.41, 5.74) is 4.55. The van der Waals surface area contributed by atoms with Crippen molar-refractivity contribution in [2.45, 2.75) is 25.4 Å². The predicted molar refractivity (Wildman–Crippen MR) is 84.1 cm³/mol. The van der Waals surface area contributed by atoms with E-state index in [0.717, 1.165) is 0 Å². The summed E-state index contributed by atoms with van der Waals surface area (Å²) in [6.07, 6.45) is 1.23. The quantitative estimate of drug-likeness (QED) is 0.596. The highest BCUT2D eigenvalue weighted by Gasteiger charge is 1.99. The van der Waals surface area contributed by atoms with Crippen molar-refractivity contribution in [1.29, 1.82) is 5.26 Å². The fourth-order valence-corrected chi connectivity index (χ4v) is 3.34. The van der Waals surface area contributed by atoms with E-state index in [4.69, 9.17) is 5.26 Å². The maximum absolute atomic E-state index is 8.79. The van der Waals surface area contributed by atoms with Gasteiger partial charge < -0.3 is 0 Å². The van der Waals surface area contributed by atoms with Crippen LogP contribution < -0.4 is 0 Å². The molecule has 0 N–H and O–H groups in total. The molecule has 0 aliphatic carbocycles. The minimum Gasteiger partial charge on any atom is -0.192 e. The van der Waals surface area contributed by atoms with Gasteiger partial charge in [0.05, 0.1) is 11.6 Å². The van der Waals surface area contributed by atoms with Crippen LogP contribution in [0, 0.1) is 11.3 Å². The highest BCUT2D eigenvalue weighted by molar-refractivity contribution is 6.35. The van der Waals surface area contributed by atoms with Crippen molar-refractivity contribution < 1.29 is 0 Å². The Morgan fingerprint density at radius 1 is 0.947 bits per heavy atom. The van der Waals surface area contributed by atoms with Gasteiger partial charge in [0.2, 0.25) is 0 Å². The Kier molecular flexibility index (Phi) is 4.94. The van der Waals surface area contributed by atoms with E-state index in [1.54, 1.807) is 0 Å².